The fourth-order valence-electron chi connectivity index (χ4n) is 3.37. The molecule has 26 heavy (non-hydrogen) atoms. The number of aryl methyl sites for hydroxylation is 1. The number of hydrogen-bond donors (Lipinski definition) is 3. The lowest BCUT2D eigenvalue weighted by Gasteiger charge is -2.29. The first-order valence-corrected chi connectivity index (χ1v) is 9.18. The molecule has 0 bridgehead atoms. The van der Waals surface area contributed by atoms with Gasteiger partial charge in [-0.1, -0.05) is 0 Å². The number of pyridine rings is 1. The molecule has 8 heteroatoms. The van der Waals surface area contributed by atoms with Gasteiger partial charge in [-0.2, -0.15) is 4.98 Å². The molecule has 0 aromatic carbocycles. The summed E-state index contributed by atoms with van der Waals surface area (Å²) in [6.07, 6.45) is 5.80. The highest BCUT2D eigenvalue weighted by Crippen LogP contribution is 2.24. The molecule has 0 radical (unpaired) electrons. The minimum absolute atomic E-state index is 0.0794. The summed E-state index contributed by atoms with van der Waals surface area (Å²) < 4.78 is 1.53. The summed E-state index contributed by atoms with van der Waals surface area (Å²) in [6.45, 7) is 3.34. The van der Waals surface area contributed by atoms with Gasteiger partial charge in [0.2, 0.25) is 5.95 Å². The third-order valence-corrected chi connectivity index (χ3v) is 4.92. The Hall–Kier alpha value is -2.64. The third kappa shape index (κ3) is 4.30. The van der Waals surface area contributed by atoms with E-state index in [1.165, 1.54) is 10.6 Å². The van der Waals surface area contributed by atoms with Crippen LogP contribution in [0.2, 0.25) is 0 Å². The van der Waals surface area contributed by atoms with E-state index in [0.717, 1.165) is 37.6 Å². The van der Waals surface area contributed by atoms with Crippen LogP contribution >= 0.6 is 0 Å². The monoisotopic (exact) mass is 358 g/mol. The molecular weight excluding hydrogens is 332 g/mol. The van der Waals surface area contributed by atoms with Crippen LogP contribution in [0.1, 0.15) is 32.6 Å². The maximum Gasteiger partial charge on any atom is 0.314 e. The minimum atomic E-state index is -0.0833. The number of nitrogens with zero attached hydrogens (tertiary/aromatic N) is 3. The lowest BCUT2D eigenvalue weighted by atomic mass is 9.86. The van der Waals surface area contributed by atoms with Crippen LogP contribution < -0.4 is 21.5 Å². The van der Waals surface area contributed by atoms with Gasteiger partial charge in [-0.25, -0.2) is 9.78 Å². The largest absolute Gasteiger partial charge is 0.354 e. The van der Waals surface area contributed by atoms with Crippen molar-refractivity contribution in [3.8, 4) is 0 Å². The topological polar surface area (TPSA) is 101 Å². The van der Waals surface area contributed by atoms with Gasteiger partial charge in [-0.3, -0.25) is 9.36 Å². The fourth-order valence-corrected chi connectivity index (χ4v) is 3.37. The normalized spacial score (nSPS) is 19.9. The summed E-state index contributed by atoms with van der Waals surface area (Å²) >= 11 is 0. The Bertz CT molecular complexity index is 826. The number of nitrogens with one attached hydrogen (secondary N) is 3. The quantitative estimate of drug-likeness (QED) is 0.754. The second-order valence-electron chi connectivity index (χ2n) is 6.81. The summed E-state index contributed by atoms with van der Waals surface area (Å²) in [6, 6.07) is 3.43. The van der Waals surface area contributed by atoms with Gasteiger partial charge in [-0.15, -0.1) is 0 Å². The lowest BCUT2D eigenvalue weighted by Crippen LogP contribution is -2.43. The lowest BCUT2D eigenvalue weighted by molar-refractivity contribution is 0.228. The highest BCUT2D eigenvalue weighted by atomic mass is 16.2. The van der Waals surface area contributed by atoms with Crippen molar-refractivity contribution in [2.75, 3.05) is 18.4 Å². The molecule has 1 fully saturated rings. The Morgan fingerprint density at radius 1 is 1.27 bits per heavy atom. The molecule has 0 spiro atoms. The molecule has 0 atom stereocenters. The first-order chi connectivity index (χ1) is 12.6. The predicted octanol–water partition coefficient (Wildman–Crippen LogP) is 1.62. The molecular formula is C18H26N6O2. The Kier molecular flexibility index (Phi) is 5.70. The van der Waals surface area contributed by atoms with Crippen LogP contribution in [-0.2, 0) is 7.05 Å². The van der Waals surface area contributed by atoms with E-state index < -0.39 is 0 Å². The van der Waals surface area contributed by atoms with E-state index in [1.807, 2.05) is 6.92 Å². The maximum absolute atomic E-state index is 11.7. The highest BCUT2D eigenvalue weighted by Gasteiger charge is 2.22. The zero-order valence-corrected chi connectivity index (χ0v) is 15.3. The van der Waals surface area contributed by atoms with Crippen LogP contribution in [-0.4, -0.2) is 39.7 Å². The Balaban J connectivity index is 1.52. The van der Waals surface area contributed by atoms with E-state index in [-0.39, 0.29) is 17.6 Å². The molecule has 2 aromatic rings. The van der Waals surface area contributed by atoms with Gasteiger partial charge < -0.3 is 16.0 Å². The average Bonchev–Trinajstić information content (AvgIpc) is 2.64. The summed E-state index contributed by atoms with van der Waals surface area (Å²) in [7, 11) is 1.71. The molecule has 140 valence electrons. The molecule has 0 aliphatic heterocycles. The van der Waals surface area contributed by atoms with E-state index in [4.69, 9.17) is 0 Å². The number of carbonyl (C=O) groups excluding carboxylic acids is 1. The number of carbonyl (C=O) groups is 1. The first kappa shape index (κ1) is 18.2. The number of hydrogen-bond acceptors (Lipinski definition) is 5. The molecule has 2 heterocycles. The van der Waals surface area contributed by atoms with E-state index in [0.29, 0.717) is 24.1 Å². The molecule has 1 aliphatic rings. The van der Waals surface area contributed by atoms with Crippen LogP contribution in [0.15, 0.2) is 23.1 Å². The van der Waals surface area contributed by atoms with E-state index in [1.54, 1.807) is 19.3 Å². The fraction of sp³-hybridized carbons (Fsp3) is 0.556. The Labute approximate surface area is 152 Å². The molecule has 8 nitrogen and oxygen atoms in total. The SMILES string of the molecule is CCNC(=O)NC1CCC(CNc2ncc3ccc(=O)n(C)c3n2)CC1. The molecule has 0 saturated heterocycles. The molecule has 3 rings (SSSR count). The van der Waals surface area contributed by atoms with Crippen molar-refractivity contribution in [2.24, 2.45) is 13.0 Å². The number of fused-ring (bicyclic) bond motifs is 1. The zero-order valence-electron chi connectivity index (χ0n) is 15.3. The van der Waals surface area contributed by atoms with Crippen molar-refractivity contribution >= 4 is 23.0 Å². The van der Waals surface area contributed by atoms with Crippen molar-refractivity contribution < 1.29 is 4.79 Å². The maximum atomic E-state index is 11.7. The van der Waals surface area contributed by atoms with Gasteiger partial charge >= 0.3 is 6.03 Å². The Morgan fingerprint density at radius 3 is 2.77 bits per heavy atom. The van der Waals surface area contributed by atoms with Gasteiger partial charge in [0, 0.05) is 43.8 Å². The third-order valence-electron chi connectivity index (χ3n) is 4.92. The Morgan fingerprint density at radius 2 is 2.04 bits per heavy atom. The number of amides is 2. The molecule has 3 N–H and O–H groups in total. The van der Waals surface area contributed by atoms with Crippen molar-refractivity contribution in [1.82, 2.24) is 25.2 Å². The van der Waals surface area contributed by atoms with E-state index >= 15 is 0 Å². The number of rotatable bonds is 5. The number of aromatic nitrogens is 3. The molecule has 0 unspecified atom stereocenters. The molecule has 1 aliphatic carbocycles. The van der Waals surface area contributed by atoms with Gasteiger partial charge in [0.05, 0.1) is 0 Å². The highest BCUT2D eigenvalue weighted by molar-refractivity contribution is 5.75. The standard InChI is InChI=1S/C18H26N6O2/c1-3-19-18(26)22-14-7-4-12(5-8-14)10-20-17-21-11-13-6-9-15(25)24(2)16(13)23-17/h6,9,11-12,14H,3-5,7-8,10H2,1-2H3,(H2,19,22,26)(H,20,21,23). The molecule has 1 saturated carbocycles. The second-order valence-corrected chi connectivity index (χ2v) is 6.81. The van der Waals surface area contributed by atoms with E-state index in [2.05, 4.69) is 25.9 Å². The van der Waals surface area contributed by atoms with Crippen LogP contribution in [0.3, 0.4) is 0 Å². The van der Waals surface area contributed by atoms with Crippen molar-refractivity contribution in [2.45, 2.75) is 38.6 Å². The second kappa shape index (κ2) is 8.16. The summed E-state index contributed by atoms with van der Waals surface area (Å²) in [5.41, 5.74) is 0.546. The van der Waals surface area contributed by atoms with Gasteiger partial charge in [0.15, 0.2) is 0 Å². The predicted molar refractivity (Wildman–Crippen MR) is 101 cm³/mol. The minimum Gasteiger partial charge on any atom is -0.354 e. The summed E-state index contributed by atoms with van der Waals surface area (Å²) in [5, 5.41) is 9.92. The summed E-state index contributed by atoms with van der Waals surface area (Å²) in [4.78, 5) is 32.1. The molecule has 2 amide bonds. The van der Waals surface area contributed by atoms with Crippen LogP contribution in [0.4, 0.5) is 10.7 Å². The average molecular weight is 358 g/mol. The smallest absolute Gasteiger partial charge is 0.314 e. The van der Waals surface area contributed by atoms with Gasteiger partial charge in [-0.05, 0) is 44.6 Å². The van der Waals surface area contributed by atoms with Crippen LogP contribution in [0, 0.1) is 5.92 Å². The molecule has 2 aromatic heterocycles. The van der Waals surface area contributed by atoms with Crippen LogP contribution in [0.25, 0.3) is 11.0 Å². The van der Waals surface area contributed by atoms with Crippen LogP contribution in [0.5, 0.6) is 0 Å². The zero-order chi connectivity index (χ0) is 18.5. The number of anilines is 1. The van der Waals surface area contributed by atoms with Crippen molar-refractivity contribution in [3.05, 3.63) is 28.7 Å². The first-order valence-electron chi connectivity index (χ1n) is 9.18. The van der Waals surface area contributed by atoms with Gasteiger partial charge in [0.25, 0.3) is 5.56 Å². The number of urea groups is 1. The van der Waals surface area contributed by atoms with Crippen molar-refractivity contribution in [3.63, 3.8) is 0 Å². The van der Waals surface area contributed by atoms with Crippen molar-refractivity contribution in [1.29, 1.82) is 0 Å². The van der Waals surface area contributed by atoms with Gasteiger partial charge in [0.1, 0.15) is 5.65 Å². The van der Waals surface area contributed by atoms with E-state index in [9.17, 15) is 9.59 Å². The summed E-state index contributed by atoms with van der Waals surface area (Å²) in [5.74, 6) is 1.07.